The van der Waals surface area contributed by atoms with Crippen LogP contribution in [0.2, 0.25) is 0 Å². The molecule has 1 aromatic carbocycles. The van der Waals surface area contributed by atoms with E-state index in [4.69, 9.17) is 0 Å². The topological polar surface area (TPSA) is 49.4 Å². The molecular formula is C15H18N2O2. The third-order valence-electron chi connectivity index (χ3n) is 4.00. The van der Waals surface area contributed by atoms with Gasteiger partial charge in [0.25, 0.3) is 0 Å². The highest BCUT2D eigenvalue weighted by atomic mass is 16.2. The second kappa shape index (κ2) is 4.68. The quantitative estimate of drug-likeness (QED) is 0.878. The van der Waals surface area contributed by atoms with Gasteiger partial charge in [0, 0.05) is 13.5 Å². The van der Waals surface area contributed by atoms with E-state index in [0.29, 0.717) is 12.3 Å². The fraction of sp³-hybridized carbons (Fsp3) is 0.467. The first-order valence-corrected chi connectivity index (χ1v) is 6.78. The monoisotopic (exact) mass is 258 g/mol. The van der Waals surface area contributed by atoms with E-state index in [2.05, 4.69) is 5.32 Å². The predicted octanol–water partition coefficient (Wildman–Crippen LogP) is 0.964. The van der Waals surface area contributed by atoms with Crippen LogP contribution in [0.25, 0.3) is 0 Å². The summed E-state index contributed by atoms with van der Waals surface area (Å²) in [5, 5.41) is 2.89. The van der Waals surface area contributed by atoms with Crippen molar-refractivity contribution in [2.24, 2.45) is 5.92 Å². The van der Waals surface area contributed by atoms with Gasteiger partial charge < -0.3 is 10.2 Å². The van der Waals surface area contributed by atoms with Gasteiger partial charge in [-0.05, 0) is 24.3 Å². The van der Waals surface area contributed by atoms with Crippen LogP contribution in [0.1, 0.15) is 18.4 Å². The number of nitrogens with zero attached hydrogens (tertiary/aromatic N) is 1. The molecule has 0 bridgehead atoms. The van der Waals surface area contributed by atoms with Crippen LogP contribution in [0.4, 0.5) is 0 Å². The number of carbonyl (C=O) groups is 2. The standard InChI is InChI=1S/C15H18N2O2/c1-17-13(11-7-8-11)14(18)16-12(15(17)19)9-10-5-3-2-4-6-10/h2-6,11-13H,7-9H2,1H3,(H,16,18). The van der Waals surface area contributed by atoms with E-state index in [1.807, 2.05) is 30.3 Å². The average Bonchev–Trinajstić information content (AvgIpc) is 3.21. The summed E-state index contributed by atoms with van der Waals surface area (Å²) in [6.07, 6.45) is 2.67. The van der Waals surface area contributed by atoms with Gasteiger partial charge in [-0.3, -0.25) is 9.59 Å². The number of rotatable bonds is 3. The van der Waals surface area contributed by atoms with Crippen molar-refractivity contribution < 1.29 is 9.59 Å². The summed E-state index contributed by atoms with van der Waals surface area (Å²) in [5.74, 6) is 0.400. The summed E-state index contributed by atoms with van der Waals surface area (Å²) in [7, 11) is 1.75. The normalized spacial score (nSPS) is 27.3. The summed E-state index contributed by atoms with van der Waals surface area (Å²) in [4.78, 5) is 26.1. The molecule has 2 fully saturated rings. The van der Waals surface area contributed by atoms with Crippen LogP contribution in [0, 0.1) is 5.92 Å². The Morgan fingerprint density at radius 3 is 2.53 bits per heavy atom. The number of nitrogens with one attached hydrogen (secondary N) is 1. The van der Waals surface area contributed by atoms with Crippen LogP contribution in [-0.2, 0) is 16.0 Å². The van der Waals surface area contributed by atoms with Crippen LogP contribution >= 0.6 is 0 Å². The third-order valence-corrected chi connectivity index (χ3v) is 4.00. The first-order valence-electron chi connectivity index (χ1n) is 6.78. The Morgan fingerprint density at radius 1 is 1.21 bits per heavy atom. The van der Waals surface area contributed by atoms with E-state index in [-0.39, 0.29) is 17.9 Å². The molecule has 1 saturated carbocycles. The van der Waals surface area contributed by atoms with Gasteiger partial charge in [0.05, 0.1) is 0 Å². The highest BCUT2D eigenvalue weighted by Gasteiger charge is 2.46. The lowest BCUT2D eigenvalue weighted by atomic mass is 9.99. The minimum absolute atomic E-state index is 0.00512. The van der Waals surface area contributed by atoms with Gasteiger partial charge >= 0.3 is 0 Å². The number of amides is 2. The van der Waals surface area contributed by atoms with Crippen LogP contribution in [0.15, 0.2) is 30.3 Å². The third kappa shape index (κ3) is 2.35. The van der Waals surface area contributed by atoms with Crippen LogP contribution in [0.5, 0.6) is 0 Å². The minimum Gasteiger partial charge on any atom is -0.342 e. The number of hydrogen-bond acceptors (Lipinski definition) is 2. The molecule has 3 rings (SSSR count). The zero-order chi connectivity index (χ0) is 13.4. The highest BCUT2D eigenvalue weighted by molar-refractivity contribution is 5.97. The van der Waals surface area contributed by atoms with Crippen molar-refractivity contribution in [2.75, 3.05) is 7.05 Å². The fourth-order valence-electron chi connectivity index (χ4n) is 2.81. The van der Waals surface area contributed by atoms with Crippen LogP contribution in [0.3, 0.4) is 0 Å². The Morgan fingerprint density at radius 2 is 1.89 bits per heavy atom. The molecule has 1 aliphatic carbocycles. The zero-order valence-corrected chi connectivity index (χ0v) is 11.0. The summed E-state index contributed by atoms with van der Waals surface area (Å²) < 4.78 is 0. The Kier molecular flexibility index (Phi) is 3.01. The van der Waals surface area contributed by atoms with Gasteiger partial charge in [0.2, 0.25) is 11.8 Å². The second-order valence-electron chi connectivity index (χ2n) is 5.48. The van der Waals surface area contributed by atoms with Gasteiger partial charge in [-0.2, -0.15) is 0 Å². The smallest absolute Gasteiger partial charge is 0.245 e. The van der Waals surface area contributed by atoms with Crippen molar-refractivity contribution in [3.8, 4) is 0 Å². The van der Waals surface area contributed by atoms with Crippen molar-refractivity contribution in [1.29, 1.82) is 0 Å². The Hall–Kier alpha value is -1.84. The first kappa shape index (κ1) is 12.2. The predicted molar refractivity (Wildman–Crippen MR) is 71.4 cm³/mol. The number of likely N-dealkylation sites (N-methyl/N-ethyl adjacent to an activating group) is 1. The maximum absolute atomic E-state index is 12.3. The zero-order valence-electron chi connectivity index (χ0n) is 11.0. The molecule has 1 saturated heterocycles. The van der Waals surface area contributed by atoms with E-state index in [9.17, 15) is 9.59 Å². The Bertz CT molecular complexity index is 496. The molecule has 2 atom stereocenters. The maximum atomic E-state index is 12.3. The molecule has 100 valence electrons. The average molecular weight is 258 g/mol. The lowest BCUT2D eigenvalue weighted by molar-refractivity contribution is -0.148. The molecule has 1 aliphatic heterocycles. The van der Waals surface area contributed by atoms with E-state index < -0.39 is 6.04 Å². The molecule has 19 heavy (non-hydrogen) atoms. The summed E-state index contributed by atoms with van der Waals surface area (Å²) in [6, 6.07) is 9.12. The summed E-state index contributed by atoms with van der Waals surface area (Å²) >= 11 is 0. The molecule has 2 aliphatic rings. The van der Waals surface area contributed by atoms with E-state index in [1.165, 1.54) is 0 Å². The maximum Gasteiger partial charge on any atom is 0.245 e. The van der Waals surface area contributed by atoms with Crippen molar-refractivity contribution in [1.82, 2.24) is 10.2 Å². The molecule has 0 radical (unpaired) electrons. The summed E-state index contributed by atoms with van der Waals surface area (Å²) in [5.41, 5.74) is 1.07. The number of hydrogen-bond donors (Lipinski definition) is 1. The molecule has 1 heterocycles. The molecule has 2 amide bonds. The molecule has 0 aromatic heterocycles. The Labute approximate surface area is 112 Å². The van der Waals surface area contributed by atoms with Crippen molar-refractivity contribution in [2.45, 2.75) is 31.3 Å². The first-order chi connectivity index (χ1) is 9.16. The van der Waals surface area contributed by atoms with Gasteiger partial charge in [-0.1, -0.05) is 30.3 Å². The van der Waals surface area contributed by atoms with Gasteiger partial charge in [-0.25, -0.2) is 0 Å². The fourth-order valence-corrected chi connectivity index (χ4v) is 2.81. The molecule has 4 heteroatoms. The SMILES string of the molecule is CN1C(=O)C(Cc2ccccc2)NC(=O)C1C1CC1. The minimum atomic E-state index is -0.421. The van der Waals surface area contributed by atoms with E-state index >= 15 is 0 Å². The number of piperazine rings is 1. The summed E-state index contributed by atoms with van der Waals surface area (Å²) in [6.45, 7) is 0. The van der Waals surface area contributed by atoms with Crippen LogP contribution in [-0.4, -0.2) is 35.8 Å². The second-order valence-corrected chi connectivity index (χ2v) is 5.48. The van der Waals surface area contributed by atoms with Gasteiger partial charge in [0.1, 0.15) is 12.1 Å². The van der Waals surface area contributed by atoms with E-state index in [1.54, 1.807) is 11.9 Å². The van der Waals surface area contributed by atoms with Crippen molar-refractivity contribution in [3.63, 3.8) is 0 Å². The molecular weight excluding hydrogens is 240 g/mol. The number of benzene rings is 1. The van der Waals surface area contributed by atoms with Crippen molar-refractivity contribution >= 4 is 11.8 Å². The van der Waals surface area contributed by atoms with Gasteiger partial charge in [0.15, 0.2) is 0 Å². The molecule has 1 aromatic rings. The highest BCUT2D eigenvalue weighted by Crippen LogP contribution is 2.36. The molecule has 1 N–H and O–H groups in total. The van der Waals surface area contributed by atoms with Crippen molar-refractivity contribution in [3.05, 3.63) is 35.9 Å². The van der Waals surface area contributed by atoms with Crippen LogP contribution < -0.4 is 5.32 Å². The molecule has 0 spiro atoms. The Balaban J connectivity index is 1.74. The molecule has 4 nitrogen and oxygen atoms in total. The van der Waals surface area contributed by atoms with E-state index in [0.717, 1.165) is 18.4 Å². The van der Waals surface area contributed by atoms with Gasteiger partial charge in [-0.15, -0.1) is 0 Å². The lowest BCUT2D eigenvalue weighted by Crippen LogP contribution is -2.63. The largest absolute Gasteiger partial charge is 0.342 e. The number of carbonyl (C=O) groups excluding carboxylic acids is 2. The molecule has 2 unspecified atom stereocenters. The lowest BCUT2D eigenvalue weighted by Gasteiger charge is -2.36.